The number of nitrogens with zero attached hydrogens (tertiary/aromatic N) is 1. The molecule has 2 nitrogen and oxygen atoms in total. The van der Waals surface area contributed by atoms with Crippen molar-refractivity contribution in [2.45, 2.75) is 18.9 Å². The second-order valence-corrected chi connectivity index (χ2v) is 3.24. The minimum atomic E-state index is -0.610. The van der Waals surface area contributed by atoms with Crippen molar-refractivity contribution in [3.05, 3.63) is 30.1 Å². The Kier molecular flexibility index (Phi) is 1.26. The Morgan fingerprint density at radius 3 is 2.82 bits per heavy atom. The predicted molar refractivity (Wildman–Crippen MR) is 41.9 cm³/mol. The molecule has 11 heavy (non-hydrogen) atoms. The molecule has 0 radical (unpaired) electrons. The highest BCUT2D eigenvalue weighted by atomic mass is 16.3. The number of aliphatic hydroxyl groups is 1. The van der Waals surface area contributed by atoms with E-state index in [4.69, 9.17) is 0 Å². The third-order valence-electron chi connectivity index (χ3n) is 2.38. The molecular weight excluding hydrogens is 138 g/mol. The van der Waals surface area contributed by atoms with Crippen molar-refractivity contribution >= 4 is 0 Å². The number of aromatic nitrogens is 1. The molecule has 0 saturated heterocycles. The lowest BCUT2D eigenvalue weighted by Crippen LogP contribution is -2.09. The van der Waals surface area contributed by atoms with Crippen molar-refractivity contribution in [2.24, 2.45) is 5.92 Å². The van der Waals surface area contributed by atoms with Crippen LogP contribution in [0, 0.1) is 5.92 Å². The SMILES string of the molecule is C[C@@H]1C[C@@]1(O)c1ccccn1. The lowest BCUT2D eigenvalue weighted by Gasteiger charge is -2.06. The summed E-state index contributed by atoms with van der Waals surface area (Å²) in [7, 11) is 0. The van der Waals surface area contributed by atoms with Crippen LogP contribution in [0.4, 0.5) is 0 Å². The van der Waals surface area contributed by atoms with E-state index in [1.165, 1.54) is 0 Å². The van der Waals surface area contributed by atoms with E-state index in [-0.39, 0.29) is 0 Å². The molecule has 0 aliphatic heterocycles. The molecule has 1 aliphatic carbocycles. The predicted octanol–water partition coefficient (Wildman–Crippen LogP) is 1.31. The Morgan fingerprint density at radius 2 is 2.36 bits per heavy atom. The summed E-state index contributed by atoms with van der Waals surface area (Å²) in [6.07, 6.45) is 2.57. The molecule has 2 atom stereocenters. The Bertz CT molecular complexity index is 260. The number of pyridine rings is 1. The minimum Gasteiger partial charge on any atom is -0.383 e. The quantitative estimate of drug-likeness (QED) is 0.653. The third kappa shape index (κ3) is 0.942. The van der Waals surface area contributed by atoms with Crippen LogP contribution in [0.3, 0.4) is 0 Å². The van der Waals surface area contributed by atoms with Crippen molar-refractivity contribution in [1.82, 2.24) is 4.98 Å². The Hall–Kier alpha value is -0.890. The molecule has 1 aliphatic rings. The van der Waals surface area contributed by atoms with E-state index in [1.807, 2.05) is 25.1 Å². The fourth-order valence-electron chi connectivity index (χ4n) is 1.38. The Labute approximate surface area is 65.9 Å². The average molecular weight is 149 g/mol. The first-order chi connectivity index (χ1) is 5.23. The zero-order valence-electron chi connectivity index (χ0n) is 6.49. The maximum Gasteiger partial charge on any atom is 0.109 e. The van der Waals surface area contributed by atoms with Crippen LogP contribution in [0.25, 0.3) is 0 Å². The van der Waals surface area contributed by atoms with Crippen LogP contribution in [0.2, 0.25) is 0 Å². The van der Waals surface area contributed by atoms with Gasteiger partial charge in [0.1, 0.15) is 5.60 Å². The van der Waals surface area contributed by atoms with E-state index in [0.717, 1.165) is 12.1 Å². The first-order valence-corrected chi connectivity index (χ1v) is 3.87. The largest absolute Gasteiger partial charge is 0.383 e. The number of rotatable bonds is 1. The van der Waals surface area contributed by atoms with E-state index in [2.05, 4.69) is 4.98 Å². The van der Waals surface area contributed by atoms with Gasteiger partial charge < -0.3 is 5.11 Å². The molecule has 1 heterocycles. The molecule has 1 fully saturated rings. The van der Waals surface area contributed by atoms with E-state index in [9.17, 15) is 5.11 Å². The van der Waals surface area contributed by atoms with Crippen LogP contribution < -0.4 is 0 Å². The summed E-state index contributed by atoms with van der Waals surface area (Å²) in [6.45, 7) is 2.04. The summed E-state index contributed by atoms with van der Waals surface area (Å²) in [6, 6.07) is 5.65. The highest BCUT2D eigenvalue weighted by molar-refractivity contribution is 5.21. The van der Waals surface area contributed by atoms with Gasteiger partial charge in [-0.2, -0.15) is 0 Å². The first-order valence-electron chi connectivity index (χ1n) is 3.87. The standard InChI is InChI=1S/C9H11NO/c1-7-6-9(7,11)8-4-2-3-5-10-8/h2-5,7,11H,6H2,1H3/t7-,9+/m1/s1. The maximum atomic E-state index is 9.81. The summed E-state index contributed by atoms with van der Waals surface area (Å²) in [5, 5.41) is 9.81. The van der Waals surface area contributed by atoms with Gasteiger partial charge in [-0.05, 0) is 24.5 Å². The van der Waals surface area contributed by atoms with Crippen LogP contribution in [-0.4, -0.2) is 10.1 Å². The summed E-state index contributed by atoms with van der Waals surface area (Å²) < 4.78 is 0. The van der Waals surface area contributed by atoms with Crippen molar-refractivity contribution in [3.8, 4) is 0 Å². The molecule has 1 saturated carbocycles. The highest BCUT2D eigenvalue weighted by Gasteiger charge is 2.52. The fourth-order valence-corrected chi connectivity index (χ4v) is 1.38. The topological polar surface area (TPSA) is 33.1 Å². The molecule has 2 rings (SSSR count). The van der Waals surface area contributed by atoms with E-state index in [0.29, 0.717) is 5.92 Å². The lowest BCUT2D eigenvalue weighted by atomic mass is 10.2. The molecule has 58 valence electrons. The van der Waals surface area contributed by atoms with Gasteiger partial charge in [0.15, 0.2) is 0 Å². The summed E-state index contributed by atoms with van der Waals surface area (Å²) in [5.41, 5.74) is 0.203. The van der Waals surface area contributed by atoms with Gasteiger partial charge in [-0.1, -0.05) is 13.0 Å². The van der Waals surface area contributed by atoms with E-state index >= 15 is 0 Å². The van der Waals surface area contributed by atoms with E-state index < -0.39 is 5.60 Å². The Morgan fingerprint density at radius 1 is 1.64 bits per heavy atom. The highest BCUT2D eigenvalue weighted by Crippen LogP contribution is 2.50. The minimum absolute atomic E-state index is 0.373. The molecule has 0 aromatic carbocycles. The molecule has 0 bridgehead atoms. The van der Waals surface area contributed by atoms with Gasteiger partial charge >= 0.3 is 0 Å². The first kappa shape index (κ1) is 6.80. The van der Waals surface area contributed by atoms with Crippen LogP contribution in [-0.2, 0) is 5.60 Å². The van der Waals surface area contributed by atoms with Crippen molar-refractivity contribution in [3.63, 3.8) is 0 Å². The van der Waals surface area contributed by atoms with Gasteiger partial charge in [0.05, 0.1) is 5.69 Å². The molecule has 0 unspecified atom stereocenters. The van der Waals surface area contributed by atoms with Crippen molar-refractivity contribution in [2.75, 3.05) is 0 Å². The fraction of sp³-hybridized carbons (Fsp3) is 0.444. The van der Waals surface area contributed by atoms with E-state index in [1.54, 1.807) is 6.20 Å². The molecule has 0 spiro atoms. The molecule has 1 aromatic heterocycles. The van der Waals surface area contributed by atoms with Crippen molar-refractivity contribution in [1.29, 1.82) is 0 Å². The average Bonchev–Trinajstić information content (AvgIpc) is 2.64. The molecular formula is C9H11NO. The zero-order chi connectivity index (χ0) is 7.90. The second-order valence-electron chi connectivity index (χ2n) is 3.24. The zero-order valence-corrected chi connectivity index (χ0v) is 6.49. The van der Waals surface area contributed by atoms with Crippen LogP contribution in [0.1, 0.15) is 19.0 Å². The molecule has 1 N–H and O–H groups in total. The molecule has 1 aromatic rings. The van der Waals surface area contributed by atoms with Gasteiger partial charge in [-0.15, -0.1) is 0 Å². The summed E-state index contributed by atoms with van der Waals surface area (Å²) >= 11 is 0. The van der Waals surface area contributed by atoms with Gasteiger partial charge in [0.2, 0.25) is 0 Å². The lowest BCUT2D eigenvalue weighted by molar-refractivity contribution is 0.130. The van der Waals surface area contributed by atoms with Gasteiger partial charge in [-0.25, -0.2) is 0 Å². The summed E-state index contributed by atoms with van der Waals surface area (Å²) in [4.78, 5) is 4.11. The smallest absolute Gasteiger partial charge is 0.109 e. The van der Waals surface area contributed by atoms with Gasteiger partial charge in [0, 0.05) is 6.20 Å². The monoisotopic (exact) mass is 149 g/mol. The van der Waals surface area contributed by atoms with Crippen molar-refractivity contribution < 1.29 is 5.11 Å². The number of hydrogen-bond donors (Lipinski definition) is 1. The van der Waals surface area contributed by atoms with Crippen LogP contribution in [0.5, 0.6) is 0 Å². The van der Waals surface area contributed by atoms with Crippen LogP contribution >= 0.6 is 0 Å². The molecule has 0 amide bonds. The van der Waals surface area contributed by atoms with Crippen LogP contribution in [0.15, 0.2) is 24.4 Å². The molecule has 2 heteroatoms. The maximum absolute atomic E-state index is 9.81. The number of hydrogen-bond acceptors (Lipinski definition) is 2. The third-order valence-corrected chi connectivity index (χ3v) is 2.38. The van der Waals surface area contributed by atoms with Gasteiger partial charge in [-0.3, -0.25) is 4.98 Å². The normalized spacial score (nSPS) is 35.3. The van der Waals surface area contributed by atoms with Gasteiger partial charge in [0.25, 0.3) is 0 Å². The summed E-state index contributed by atoms with van der Waals surface area (Å²) in [5.74, 6) is 0.373. The Balaban J connectivity index is 2.32. The second kappa shape index (κ2) is 2.05.